The van der Waals surface area contributed by atoms with Gasteiger partial charge in [-0.1, -0.05) is 91.1 Å². The lowest BCUT2D eigenvalue weighted by atomic mass is 9.79. The number of hydrogen-bond acceptors (Lipinski definition) is 20. The second kappa shape index (κ2) is 40.9. The molecule has 9 rings (SSSR count). The van der Waals surface area contributed by atoms with E-state index in [1.54, 1.807) is 12.1 Å². The summed E-state index contributed by atoms with van der Waals surface area (Å²) < 4.78 is 163. The first-order valence-electron chi connectivity index (χ1n) is 38.9. The van der Waals surface area contributed by atoms with E-state index in [0.717, 1.165) is 38.8 Å². The van der Waals surface area contributed by atoms with Crippen LogP contribution in [0.4, 0.5) is 11.4 Å². The van der Waals surface area contributed by atoms with Gasteiger partial charge in [-0.3, -0.25) is 47.0 Å². The maximum atomic E-state index is 14.0. The summed E-state index contributed by atoms with van der Waals surface area (Å²) in [7, 11) is -22.3. The summed E-state index contributed by atoms with van der Waals surface area (Å²) in [6.45, 7) is 7.50. The molecule has 4 heterocycles. The lowest BCUT2D eigenvalue weighted by molar-refractivity contribution is -0.438. The summed E-state index contributed by atoms with van der Waals surface area (Å²) in [5.41, 5.74) is 6.44. The number of unbranched alkanes of at least 4 members (excludes halogenated alkanes) is 4. The predicted molar refractivity (Wildman–Crippen MR) is 458 cm³/mol. The van der Waals surface area contributed by atoms with Crippen molar-refractivity contribution in [3.05, 3.63) is 174 Å². The molecule has 122 heavy (non-hydrogen) atoms. The first kappa shape index (κ1) is 97.0. The lowest BCUT2D eigenvalue weighted by Crippen LogP contribution is -2.48. The van der Waals surface area contributed by atoms with E-state index in [4.69, 9.17) is 39.9 Å². The van der Waals surface area contributed by atoms with E-state index in [1.807, 2.05) is 79.7 Å². The highest BCUT2D eigenvalue weighted by Crippen LogP contribution is 2.50. The predicted octanol–water partition coefficient (Wildman–Crippen LogP) is 9.04. The number of anilines is 1. The van der Waals surface area contributed by atoms with Crippen molar-refractivity contribution in [2.24, 2.45) is 5.14 Å². The number of rotatable bonds is 41. The van der Waals surface area contributed by atoms with Crippen molar-refractivity contribution in [2.45, 2.75) is 192 Å². The summed E-state index contributed by atoms with van der Waals surface area (Å²) in [5.74, 6) is -8.75. The minimum absolute atomic E-state index is 0.105. The van der Waals surface area contributed by atoms with E-state index in [2.05, 4.69) is 32.7 Å². The van der Waals surface area contributed by atoms with Gasteiger partial charge in [-0.05, 0) is 191 Å². The Morgan fingerprint density at radius 2 is 1.32 bits per heavy atom. The third-order valence-corrected chi connectivity index (χ3v) is 28.1. The van der Waals surface area contributed by atoms with Crippen molar-refractivity contribution in [1.29, 1.82) is 0 Å². The zero-order chi connectivity index (χ0) is 89.8. The number of carbonyl (C=O) groups excluding carboxylic acids is 6. The van der Waals surface area contributed by atoms with Crippen LogP contribution in [0.5, 0.6) is 0 Å². The Morgan fingerprint density at radius 3 is 1.98 bits per heavy atom. The third-order valence-electron chi connectivity index (χ3n) is 21.4. The van der Waals surface area contributed by atoms with E-state index in [-0.39, 0.29) is 103 Å². The molecule has 0 radical (unpaired) electrons. The van der Waals surface area contributed by atoms with Gasteiger partial charge in [0.1, 0.15) is 28.9 Å². The minimum atomic E-state index is -4.64. The zero-order valence-corrected chi connectivity index (χ0v) is 74.1. The standard InChI is InChI=1S/C80H96Cl3N9O24S6/c1-79(2)58-43-55(121(111,112)113)26-28-63(58)90(35-9-11-37-118(103,104)105)66(79)30-23-49-17-14-18-50(24-31-67-80(3,4)59-44-56(122(114,115)116)27-29-64(59)91(67)36-10-12-38-119(106,107)108)73(49)52-19-13-16-48(39-52)15-5-6-21-69(93)85-33-8-7-20-61(76(99)100)88-72(96)46-62(77(101)102)89-70(94)32-34-86-74(97)65-42-54(87-71(95)40-51-22-25-53(81)41-60(51)82)47-92(65)75(98)57-45-68(83)117-78(57)120(84,109)110/h13,16,19,22-31,39,41,43-45,54,61-62,65H,5-12,14-15,17-18,20-21,32-38,40,42,46-47H2,1-4H3,(H12-,84,85,86,87,88,89,93,94,95,96,97,99,100,101,102,103,104,105,106,107,108,109,110,111,112,113,114,115,116)/p+1/t54-,61-,62-,65-/m0/s1. The first-order valence-corrected chi connectivity index (χ1v) is 48.5. The zero-order valence-electron chi connectivity index (χ0n) is 66.9. The van der Waals surface area contributed by atoms with Gasteiger partial charge >= 0.3 is 11.9 Å². The smallest absolute Gasteiger partial charge is 0.326 e. The van der Waals surface area contributed by atoms with Gasteiger partial charge in [-0.25, -0.2) is 23.1 Å². The monoisotopic (exact) mass is 1860 g/mol. The maximum absolute atomic E-state index is 14.0. The summed E-state index contributed by atoms with van der Waals surface area (Å²) in [5, 5.41) is 38.4. The van der Waals surface area contributed by atoms with Crippen LogP contribution in [-0.2, 0) is 108 Å². The van der Waals surface area contributed by atoms with Gasteiger partial charge in [-0.2, -0.15) is 38.2 Å². The number of hydrogen-bond donors (Lipinski definition) is 12. The molecule has 1 aromatic heterocycles. The molecule has 13 N–H and O–H groups in total. The van der Waals surface area contributed by atoms with Crippen molar-refractivity contribution in [1.82, 2.24) is 31.5 Å². The number of allylic oxidation sites excluding steroid dienone is 8. The number of nitrogens with one attached hydrogen (secondary N) is 5. The third kappa shape index (κ3) is 26.2. The Hall–Kier alpha value is -8.81. The average Bonchev–Trinajstić information content (AvgIpc) is 1.59. The number of sulfonamides is 1. The number of fused-ring (bicyclic) bond motifs is 2. The second-order valence-electron chi connectivity index (χ2n) is 31.2. The number of carbonyl (C=O) groups is 8. The molecule has 6 amide bonds. The number of amides is 6. The normalized spacial score (nSPS) is 17.8. The van der Waals surface area contributed by atoms with E-state index in [0.29, 0.717) is 107 Å². The number of benzene rings is 4. The Bertz CT molecular complexity index is 5690. The van der Waals surface area contributed by atoms with Gasteiger partial charge in [0.25, 0.3) is 46.4 Å². The number of carboxylic acids is 2. The number of nitrogens with zero attached hydrogens (tertiary/aromatic N) is 3. The summed E-state index contributed by atoms with van der Waals surface area (Å²) >= 11 is 18.9. The van der Waals surface area contributed by atoms with Gasteiger partial charge in [-0.15, -0.1) is 11.3 Å². The Morgan fingerprint density at radius 1 is 0.656 bits per heavy atom. The van der Waals surface area contributed by atoms with Gasteiger partial charge in [0.05, 0.1) is 49.5 Å². The number of thiophene rings is 1. The van der Waals surface area contributed by atoms with Crippen LogP contribution in [-0.4, -0.2) is 201 Å². The van der Waals surface area contributed by atoms with Crippen molar-refractivity contribution < 1.29 is 113 Å². The molecular formula is C80H97Cl3N9O24S6+. The first-order chi connectivity index (χ1) is 57.0. The average molecular weight is 1870 g/mol. The number of aliphatic carboxylic acids is 2. The highest BCUT2D eigenvalue weighted by atomic mass is 35.5. The van der Waals surface area contributed by atoms with Crippen LogP contribution >= 0.6 is 46.1 Å². The van der Waals surface area contributed by atoms with Crippen LogP contribution in [0.3, 0.4) is 0 Å². The fourth-order valence-corrected chi connectivity index (χ4v) is 20.4. The molecule has 0 saturated carbocycles. The molecule has 4 atom stereocenters. The van der Waals surface area contributed by atoms with Gasteiger partial charge < -0.3 is 46.6 Å². The number of primary sulfonamides is 1. The number of halogens is 3. The fourth-order valence-electron chi connectivity index (χ4n) is 15.5. The second-order valence-corrected chi connectivity index (χ2v) is 41.4. The molecule has 1 aliphatic carbocycles. The van der Waals surface area contributed by atoms with Crippen molar-refractivity contribution in [3.8, 4) is 0 Å². The number of likely N-dealkylation sites (tertiary alicyclic amines) is 1. The van der Waals surface area contributed by atoms with Gasteiger partial charge in [0.15, 0.2) is 5.71 Å². The SMILES string of the molecule is CC1(C)C(/C=C/C2=C(c3cccc(CCCCC(=O)NCCCC[C@H](NC(=O)C[C@H](NC(=O)CCNC(=O)[C@@H]4C[C@H](NC(=O)Cc5ccc(Cl)cc5Cl)CN4C(=O)c4cc(Cl)sc4S(N)(=O)=O)C(=O)O)C(=O)O)c3)C(=C/C=C3/N(CCCCS(=O)(=O)O)c4ccc(S(=O)(=O)O)cc4C3(C)C)/CCC2)=[N+](CCCCS(=O)(=O)O)c2ccc(S(=O)(=O)O)cc21. The van der Waals surface area contributed by atoms with Crippen LogP contribution in [0.25, 0.3) is 5.57 Å². The molecule has 1 fully saturated rings. The molecule has 0 spiro atoms. The quantitative estimate of drug-likeness (QED) is 0.00985. The molecule has 4 aliphatic rings. The van der Waals surface area contributed by atoms with Gasteiger partial charge in [0.2, 0.25) is 45.2 Å². The fraction of sp³-hybridized carbons (Fsp3) is 0.438. The van der Waals surface area contributed by atoms with E-state index >= 15 is 0 Å². The van der Waals surface area contributed by atoms with Crippen molar-refractivity contribution in [3.63, 3.8) is 0 Å². The van der Waals surface area contributed by atoms with Crippen molar-refractivity contribution in [2.75, 3.05) is 49.1 Å². The Kier molecular flexibility index (Phi) is 32.5. The molecule has 5 aromatic rings. The van der Waals surface area contributed by atoms with Crippen LogP contribution < -0.4 is 36.6 Å². The van der Waals surface area contributed by atoms with Crippen LogP contribution in [0.2, 0.25) is 14.4 Å². The number of carboxylic acid groups (broad SMARTS) is 2. The van der Waals surface area contributed by atoms with Crippen LogP contribution in [0.15, 0.2) is 140 Å². The molecule has 3 aliphatic heterocycles. The summed E-state index contributed by atoms with van der Waals surface area (Å²) in [4.78, 5) is 108. The van der Waals surface area contributed by atoms with Crippen LogP contribution in [0.1, 0.15) is 169 Å². The molecule has 4 aromatic carbocycles. The molecule has 33 nitrogen and oxygen atoms in total. The van der Waals surface area contributed by atoms with E-state index in [9.17, 15) is 109 Å². The maximum Gasteiger partial charge on any atom is 0.326 e. The number of nitrogens with two attached hydrogens (primary N) is 1. The highest BCUT2D eigenvalue weighted by Gasteiger charge is 2.47. The minimum Gasteiger partial charge on any atom is -0.480 e. The molecule has 0 bridgehead atoms. The topological polar surface area (TPSA) is 524 Å². The van der Waals surface area contributed by atoms with Crippen LogP contribution in [0, 0.1) is 0 Å². The lowest BCUT2D eigenvalue weighted by Gasteiger charge is -2.28. The molecular weight excluding hydrogens is 1770 g/mol. The summed E-state index contributed by atoms with van der Waals surface area (Å²) in [6.07, 6.45) is 10.6. The molecule has 662 valence electrons. The largest absolute Gasteiger partial charge is 0.480 e. The summed E-state index contributed by atoms with van der Waals surface area (Å²) in [6, 6.07) is 16.4. The van der Waals surface area contributed by atoms with E-state index < -0.39 is 168 Å². The highest BCUT2D eigenvalue weighted by molar-refractivity contribution is 7.91. The van der Waals surface area contributed by atoms with E-state index in [1.165, 1.54) is 42.5 Å². The number of aryl methyl sites for hydroxylation is 1. The molecule has 1 saturated heterocycles. The van der Waals surface area contributed by atoms with Gasteiger partial charge in [0, 0.05) is 96.0 Å². The molecule has 42 heteroatoms. The molecule has 0 unspecified atom stereocenters. The van der Waals surface area contributed by atoms with Crippen molar-refractivity contribution >= 4 is 167 Å². The Balaban J connectivity index is 0.819. The Labute approximate surface area is 726 Å².